The van der Waals surface area contributed by atoms with Gasteiger partial charge >= 0.3 is 0 Å². The molecule has 9 heteroatoms. The Labute approximate surface area is 283 Å². The molecule has 8 nitrogen and oxygen atoms in total. The summed E-state index contributed by atoms with van der Waals surface area (Å²) in [6, 6.07) is 36.2. The van der Waals surface area contributed by atoms with Crippen molar-refractivity contribution >= 4 is 7.85 Å². The molecule has 2 bridgehead atoms. The Hall–Kier alpha value is -3.70. The number of rotatable bonds is 11. The number of fused-ring (bicyclic) bond motifs is 3. The van der Waals surface area contributed by atoms with Gasteiger partial charge in [-0.25, -0.2) is 4.90 Å². The van der Waals surface area contributed by atoms with Crippen molar-refractivity contribution in [2.24, 2.45) is 0 Å². The van der Waals surface area contributed by atoms with Crippen molar-refractivity contribution in [3.05, 3.63) is 131 Å². The summed E-state index contributed by atoms with van der Waals surface area (Å²) < 4.78 is 44.7. The Bertz CT molecular complexity index is 1630. The van der Waals surface area contributed by atoms with Crippen molar-refractivity contribution in [2.75, 3.05) is 34.0 Å². The minimum Gasteiger partial charge on any atom is -0.497 e. The third-order valence-corrected chi connectivity index (χ3v) is 10.4. The number of hydrogen-bond donors (Lipinski definition) is 0. The van der Waals surface area contributed by atoms with Gasteiger partial charge in [0, 0.05) is 18.6 Å². The lowest BCUT2D eigenvalue weighted by atomic mass is 9.79. The molecule has 48 heavy (non-hydrogen) atoms. The Kier molecular flexibility index (Phi) is 8.53. The molecular weight excluding hydrogens is 605 g/mol. The molecule has 0 amide bonds. The molecule has 4 aromatic rings. The van der Waals surface area contributed by atoms with Crippen LogP contribution in [0.1, 0.15) is 41.2 Å². The predicted octanol–water partition coefficient (Wildman–Crippen LogP) is 5.58. The van der Waals surface area contributed by atoms with E-state index in [0.717, 1.165) is 53.1 Å². The number of methoxy groups -OCH3 is 2. The molecule has 8 rings (SSSR count). The predicted molar refractivity (Wildman–Crippen MR) is 180 cm³/mol. The van der Waals surface area contributed by atoms with E-state index in [4.69, 9.17) is 41.0 Å². The van der Waals surface area contributed by atoms with Gasteiger partial charge in [-0.05, 0) is 59.4 Å². The van der Waals surface area contributed by atoms with E-state index < -0.39 is 35.8 Å². The van der Waals surface area contributed by atoms with E-state index in [2.05, 4.69) is 41.3 Å². The Morgan fingerprint density at radius 3 is 2.02 bits per heavy atom. The maximum Gasteiger partial charge on any atom is 0.220 e. The maximum atomic E-state index is 7.28. The standard InChI is InChI=1S/C39H40BNO7/c1-42-30-19-15-28(16-20-30)39(27-12-7-4-8-13-27,29-17-21-31(43-2)22-18-29)45-25-38-24-44-34(36(40)48-38)35(38)47-37-41-23-9-14-32(41)33(46-37)26-10-5-3-6-11-26/h3-8,10-13,15-22,32-37H,9,14,23-25H2,1-2H3/t32-,33+,34-,35?,36+,37+,38+/m0/s1. The van der Waals surface area contributed by atoms with Gasteiger partial charge in [-0.1, -0.05) is 84.9 Å². The lowest BCUT2D eigenvalue weighted by molar-refractivity contribution is -0.238. The van der Waals surface area contributed by atoms with Gasteiger partial charge < -0.3 is 33.2 Å². The van der Waals surface area contributed by atoms with Gasteiger partial charge in [-0.2, -0.15) is 0 Å². The van der Waals surface area contributed by atoms with Crippen LogP contribution in [-0.2, 0) is 29.3 Å². The fourth-order valence-electron chi connectivity index (χ4n) is 7.95. The second kappa shape index (κ2) is 13.0. The van der Waals surface area contributed by atoms with Crippen molar-refractivity contribution in [3.63, 3.8) is 0 Å². The molecule has 0 aliphatic carbocycles. The van der Waals surface area contributed by atoms with Gasteiger partial charge in [-0.3, -0.25) is 0 Å². The van der Waals surface area contributed by atoms with Crippen LogP contribution >= 0.6 is 0 Å². The van der Waals surface area contributed by atoms with E-state index in [1.54, 1.807) is 14.2 Å². The highest BCUT2D eigenvalue weighted by Gasteiger charge is 2.63. The third kappa shape index (κ3) is 5.34. The normalized spacial score (nSPS) is 29.6. The molecule has 0 spiro atoms. The van der Waals surface area contributed by atoms with Gasteiger partial charge in [0.05, 0.1) is 27.4 Å². The van der Waals surface area contributed by atoms with Gasteiger partial charge in [-0.15, -0.1) is 0 Å². The highest BCUT2D eigenvalue weighted by molar-refractivity contribution is 6.11. The summed E-state index contributed by atoms with van der Waals surface area (Å²) in [5.74, 6) is 1.51. The molecule has 1 unspecified atom stereocenters. The van der Waals surface area contributed by atoms with Crippen molar-refractivity contribution in [3.8, 4) is 11.5 Å². The quantitative estimate of drug-likeness (QED) is 0.155. The van der Waals surface area contributed by atoms with Gasteiger partial charge in [0.15, 0.2) is 0 Å². The Balaban J connectivity index is 1.15. The van der Waals surface area contributed by atoms with Crippen LogP contribution in [0.3, 0.4) is 0 Å². The zero-order valence-corrected chi connectivity index (χ0v) is 27.3. The first-order chi connectivity index (χ1) is 23.5. The summed E-state index contributed by atoms with van der Waals surface area (Å²) in [7, 11) is 9.89. The Morgan fingerprint density at radius 2 is 1.42 bits per heavy atom. The van der Waals surface area contributed by atoms with Crippen molar-refractivity contribution < 1.29 is 33.2 Å². The summed E-state index contributed by atoms with van der Waals surface area (Å²) in [6.07, 6.45) is 0.562. The average molecular weight is 646 g/mol. The summed E-state index contributed by atoms with van der Waals surface area (Å²) in [6.45, 7) is 1.33. The van der Waals surface area contributed by atoms with Crippen LogP contribution in [-0.4, -0.2) is 83.0 Å². The van der Waals surface area contributed by atoms with Gasteiger partial charge in [0.1, 0.15) is 48.9 Å². The van der Waals surface area contributed by atoms with Crippen LogP contribution in [0.2, 0.25) is 0 Å². The highest BCUT2D eigenvalue weighted by atomic mass is 16.7. The first-order valence-electron chi connectivity index (χ1n) is 16.7. The first-order valence-corrected chi connectivity index (χ1v) is 16.7. The van der Waals surface area contributed by atoms with E-state index in [9.17, 15) is 0 Å². The lowest BCUT2D eigenvalue weighted by Gasteiger charge is -2.40. The molecule has 7 atom stereocenters. The van der Waals surface area contributed by atoms with Gasteiger partial charge in [0.25, 0.3) is 0 Å². The van der Waals surface area contributed by atoms with E-state index in [1.807, 2.05) is 72.8 Å². The highest BCUT2D eigenvalue weighted by Crippen LogP contribution is 2.49. The summed E-state index contributed by atoms with van der Waals surface area (Å²) in [5.41, 5.74) is 1.97. The summed E-state index contributed by atoms with van der Waals surface area (Å²) in [4.78, 5) is 2.33. The smallest absolute Gasteiger partial charge is 0.220 e. The fourth-order valence-corrected chi connectivity index (χ4v) is 7.95. The molecule has 0 saturated carbocycles. The molecular formula is C39H40BNO7. The van der Waals surface area contributed by atoms with Crippen LogP contribution in [0.5, 0.6) is 11.5 Å². The van der Waals surface area contributed by atoms with E-state index in [1.165, 1.54) is 0 Å². The van der Waals surface area contributed by atoms with Crippen LogP contribution < -0.4 is 9.47 Å². The molecule has 4 saturated heterocycles. The number of hydrogen-bond acceptors (Lipinski definition) is 8. The number of ether oxygens (including phenoxy) is 7. The van der Waals surface area contributed by atoms with Crippen molar-refractivity contribution in [1.29, 1.82) is 0 Å². The first kappa shape index (κ1) is 31.6. The lowest BCUT2D eigenvalue weighted by Crippen LogP contribution is -2.51. The van der Waals surface area contributed by atoms with E-state index in [-0.39, 0.29) is 25.4 Å². The van der Waals surface area contributed by atoms with Crippen molar-refractivity contribution in [1.82, 2.24) is 4.90 Å². The average Bonchev–Trinajstić information content (AvgIpc) is 3.90. The monoisotopic (exact) mass is 645 g/mol. The molecule has 4 fully saturated rings. The molecule has 4 aliphatic heterocycles. The van der Waals surface area contributed by atoms with E-state index >= 15 is 0 Å². The zero-order valence-electron chi connectivity index (χ0n) is 27.3. The minimum atomic E-state index is -1.03. The van der Waals surface area contributed by atoms with Crippen LogP contribution in [0.25, 0.3) is 0 Å². The molecule has 0 N–H and O–H groups in total. The Morgan fingerprint density at radius 1 is 0.812 bits per heavy atom. The second-order valence-corrected chi connectivity index (χ2v) is 13.0. The van der Waals surface area contributed by atoms with Crippen molar-refractivity contribution in [2.45, 2.75) is 60.8 Å². The largest absolute Gasteiger partial charge is 0.497 e. The summed E-state index contributed by atoms with van der Waals surface area (Å²) >= 11 is 0. The molecule has 4 heterocycles. The molecule has 2 radical (unpaired) electrons. The van der Waals surface area contributed by atoms with E-state index in [0.29, 0.717) is 0 Å². The van der Waals surface area contributed by atoms with Crippen LogP contribution in [0.15, 0.2) is 109 Å². The molecule has 4 aliphatic rings. The summed E-state index contributed by atoms with van der Waals surface area (Å²) in [5, 5.41) is 0. The van der Waals surface area contributed by atoms with Gasteiger partial charge in [0.2, 0.25) is 6.41 Å². The topological polar surface area (TPSA) is 67.9 Å². The fraction of sp³-hybridized carbons (Fsp3) is 0.385. The zero-order chi connectivity index (χ0) is 32.7. The van der Waals surface area contributed by atoms with Crippen LogP contribution in [0, 0.1) is 0 Å². The molecule has 246 valence electrons. The second-order valence-electron chi connectivity index (χ2n) is 13.0. The number of nitrogens with zero attached hydrogens (tertiary/aromatic N) is 1. The molecule has 0 aromatic heterocycles. The number of benzene rings is 4. The van der Waals surface area contributed by atoms with Crippen LogP contribution in [0.4, 0.5) is 0 Å². The SMILES string of the molecule is [B][C@@H]1O[C@@]2(COC(c3ccccc3)(c3ccc(OC)cc3)c3ccc(OC)cc3)CO[C@H]1C2O[C@H]1O[C@H](c2ccccc2)[C@@H]2CCCN12. The molecule has 4 aromatic carbocycles. The minimum absolute atomic E-state index is 0.0728. The third-order valence-electron chi connectivity index (χ3n) is 10.4. The maximum absolute atomic E-state index is 7.28.